The van der Waals surface area contributed by atoms with Gasteiger partial charge in [-0.05, 0) is 61.2 Å². The number of aromatic amines is 2. The SMILES string of the molecule is CCOC(=O)[C@@H]1CC2(CCN(CC(C)(C)C)CC2)CN1Cc1ccc(CN(Cc2ncc[nH]2)Cc2ncc[nH]2)cc1. The molecule has 0 aliphatic carbocycles. The molecule has 222 valence electrons. The third-order valence-electron chi connectivity index (χ3n) is 8.45. The summed E-state index contributed by atoms with van der Waals surface area (Å²) in [6.07, 6.45) is 10.5. The molecule has 1 aromatic carbocycles. The Hall–Kier alpha value is -3.01. The van der Waals surface area contributed by atoms with Crippen LogP contribution < -0.4 is 0 Å². The quantitative estimate of drug-likeness (QED) is 0.331. The molecular weight excluding hydrogens is 514 g/mol. The average Bonchev–Trinajstić information content (AvgIpc) is 3.69. The maximum atomic E-state index is 13.1. The van der Waals surface area contributed by atoms with Crippen molar-refractivity contribution in [1.82, 2.24) is 34.6 Å². The summed E-state index contributed by atoms with van der Waals surface area (Å²) in [6.45, 7) is 16.5. The first kappa shape index (κ1) is 29.5. The molecule has 2 saturated heterocycles. The van der Waals surface area contributed by atoms with Gasteiger partial charge in [0.25, 0.3) is 0 Å². The summed E-state index contributed by atoms with van der Waals surface area (Å²) in [5, 5.41) is 0. The molecule has 5 rings (SSSR count). The van der Waals surface area contributed by atoms with Crippen LogP contribution in [0.1, 0.15) is 69.7 Å². The van der Waals surface area contributed by atoms with E-state index in [2.05, 4.69) is 79.7 Å². The number of esters is 1. The van der Waals surface area contributed by atoms with E-state index in [1.807, 2.05) is 19.3 Å². The zero-order valence-electron chi connectivity index (χ0n) is 25.2. The number of H-pyrrole nitrogens is 2. The highest BCUT2D eigenvalue weighted by molar-refractivity contribution is 5.76. The van der Waals surface area contributed by atoms with Gasteiger partial charge in [-0.1, -0.05) is 45.0 Å². The molecule has 0 amide bonds. The van der Waals surface area contributed by atoms with E-state index in [1.165, 1.54) is 11.1 Å². The van der Waals surface area contributed by atoms with Crippen LogP contribution in [0.25, 0.3) is 0 Å². The molecule has 9 heteroatoms. The van der Waals surface area contributed by atoms with Gasteiger partial charge in [-0.15, -0.1) is 0 Å². The van der Waals surface area contributed by atoms with Crippen molar-refractivity contribution in [3.63, 3.8) is 0 Å². The van der Waals surface area contributed by atoms with Crippen molar-refractivity contribution in [2.75, 3.05) is 32.8 Å². The summed E-state index contributed by atoms with van der Waals surface area (Å²) in [4.78, 5) is 35.6. The second kappa shape index (κ2) is 12.9. The Balaban J connectivity index is 1.23. The molecule has 1 spiro atoms. The number of carbonyl (C=O) groups excluding carboxylic acids is 1. The molecule has 3 aromatic rings. The lowest BCUT2D eigenvalue weighted by molar-refractivity contribution is -0.148. The minimum absolute atomic E-state index is 0.0652. The molecular formula is C32H47N7O2. The van der Waals surface area contributed by atoms with Crippen molar-refractivity contribution in [3.8, 4) is 0 Å². The normalized spacial score (nSPS) is 19.8. The van der Waals surface area contributed by atoms with Gasteiger partial charge in [0.05, 0.1) is 19.7 Å². The zero-order valence-corrected chi connectivity index (χ0v) is 25.2. The highest BCUT2D eigenvalue weighted by atomic mass is 16.5. The van der Waals surface area contributed by atoms with E-state index in [1.54, 1.807) is 12.4 Å². The summed E-state index contributed by atoms with van der Waals surface area (Å²) in [5.74, 6) is 1.81. The van der Waals surface area contributed by atoms with Crippen molar-refractivity contribution < 1.29 is 9.53 Å². The minimum Gasteiger partial charge on any atom is -0.465 e. The number of aromatic nitrogens is 4. The van der Waals surface area contributed by atoms with Gasteiger partial charge < -0.3 is 19.6 Å². The molecule has 9 nitrogen and oxygen atoms in total. The monoisotopic (exact) mass is 561 g/mol. The van der Waals surface area contributed by atoms with Crippen molar-refractivity contribution in [3.05, 3.63) is 71.8 Å². The molecule has 2 aliphatic rings. The fraction of sp³-hybridized carbons (Fsp3) is 0.594. The number of hydrogen-bond acceptors (Lipinski definition) is 7. The fourth-order valence-electron chi connectivity index (χ4n) is 6.60. The molecule has 41 heavy (non-hydrogen) atoms. The van der Waals surface area contributed by atoms with Gasteiger partial charge in [0, 0.05) is 51.0 Å². The zero-order chi connectivity index (χ0) is 28.9. The number of piperidine rings is 1. The maximum absolute atomic E-state index is 13.1. The Morgan fingerprint density at radius 2 is 1.61 bits per heavy atom. The highest BCUT2D eigenvalue weighted by Gasteiger charge is 2.48. The van der Waals surface area contributed by atoms with Gasteiger partial charge in [-0.3, -0.25) is 14.6 Å². The fourth-order valence-corrected chi connectivity index (χ4v) is 6.60. The lowest BCUT2D eigenvalue weighted by Gasteiger charge is -2.41. The second-order valence-corrected chi connectivity index (χ2v) is 13.2. The van der Waals surface area contributed by atoms with Crippen molar-refractivity contribution >= 4 is 5.97 Å². The van der Waals surface area contributed by atoms with Crippen LogP contribution in [0.2, 0.25) is 0 Å². The lowest BCUT2D eigenvalue weighted by Crippen LogP contribution is -2.44. The summed E-state index contributed by atoms with van der Waals surface area (Å²) in [6, 6.07) is 8.69. The first-order chi connectivity index (χ1) is 19.7. The third kappa shape index (κ3) is 8.05. The first-order valence-electron chi connectivity index (χ1n) is 15.1. The number of carbonyl (C=O) groups is 1. The number of imidazole rings is 2. The summed E-state index contributed by atoms with van der Waals surface area (Å²) < 4.78 is 5.55. The van der Waals surface area contributed by atoms with E-state index >= 15 is 0 Å². The van der Waals surface area contributed by atoms with Crippen LogP contribution in [0.5, 0.6) is 0 Å². The van der Waals surface area contributed by atoms with Gasteiger partial charge in [-0.25, -0.2) is 9.97 Å². The van der Waals surface area contributed by atoms with Crippen molar-refractivity contribution in [2.45, 2.75) is 79.2 Å². The van der Waals surface area contributed by atoms with Crippen LogP contribution in [-0.2, 0) is 35.7 Å². The smallest absolute Gasteiger partial charge is 0.323 e. The third-order valence-corrected chi connectivity index (χ3v) is 8.45. The maximum Gasteiger partial charge on any atom is 0.323 e. The Labute approximate surface area is 244 Å². The van der Waals surface area contributed by atoms with Gasteiger partial charge in [0.1, 0.15) is 17.7 Å². The molecule has 0 saturated carbocycles. The first-order valence-corrected chi connectivity index (χ1v) is 15.1. The largest absolute Gasteiger partial charge is 0.465 e. The van der Waals surface area contributed by atoms with Crippen LogP contribution in [0.15, 0.2) is 49.1 Å². The van der Waals surface area contributed by atoms with E-state index in [4.69, 9.17) is 4.74 Å². The van der Waals surface area contributed by atoms with E-state index in [0.717, 1.165) is 70.2 Å². The second-order valence-electron chi connectivity index (χ2n) is 13.2. The number of benzene rings is 1. The highest BCUT2D eigenvalue weighted by Crippen LogP contribution is 2.44. The molecule has 4 heterocycles. The molecule has 0 unspecified atom stereocenters. The van der Waals surface area contributed by atoms with Crippen molar-refractivity contribution in [2.24, 2.45) is 10.8 Å². The molecule has 0 radical (unpaired) electrons. The van der Waals surface area contributed by atoms with Gasteiger partial charge in [-0.2, -0.15) is 0 Å². The standard InChI is InChI=1S/C32H47N7O2/c1-5-41-30(40)27-18-32(10-16-37(17-11-32)23-31(2,3)4)24-39(27)20-26-8-6-25(7-9-26)19-38(21-28-33-12-13-34-28)22-29-35-14-15-36-29/h6-9,12-15,27H,5,10-11,16-24H2,1-4H3,(H,33,34)(H,35,36)/t27-/m0/s1. The minimum atomic E-state index is -0.166. The molecule has 2 aliphatic heterocycles. The Kier molecular flexibility index (Phi) is 9.26. The number of hydrogen-bond donors (Lipinski definition) is 2. The van der Waals surface area contributed by atoms with Crippen molar-refractivity contribution in [1.29, 1.82) is 0 Å². The molecule has 2 N–H and O–H groups in total. The van der Waals surface area contributed by atoms with Crippen LogP contribution in [0.3, 0.4) is 0 Å². The number of ether oxygens (including phenoxy) is 1. The van der Waals surface area contributed by atoms with E-state index < -0.39 is 0 Å². The molecule has 2 aromatic heterocycles. The summed E-state index contributed by atoms with van der Waals surface area (Å²) in [7, 11) is 0. The average molecular weight is 562 g/mol. The predicted molar refractivity (Wildman–Crippen MR) is 160 cm³/mol. The van der Waals surface area contributed by atoms with E-state index in [0.29, 0.717) is 25.1 Å². The summed E-state index contributed by atoms with van der Waals surface area (Å²) >= 11 is 0. The lowest BCUT2D eigenvalue weighted by atomic mass is 9.76. The number of nitrogens with zero attached hydrogens (tertiary/aromatic N) is 5. The Morgan fingerprint density at radius 3 is 2.15 bits per heavy atom. The topological polar surface area (TPSA) is 93.4 Å². The van der Waals surface area contributed by atoms with Crippen LogP contribution in [0.4, 0.5) is 0 Å². The van der Waals surface area contributed by atoms with Crippen LogP contribution >= 0.6 is 0 Å². The van der Waals surface area contributed by atoms with Gasteiger partial charge >= 0.3 is 5.97 Å². The number of rotatable bonds is 11. The summed E-state index contributed by atoms with van der Waals surface area (Å²) in [5.41, 5.74) is 2.97. The number of likely N-dealkylation sites (tertiary alicyclic amines) is 2. The molecule has 2 fully saturated rings. The van der Waals surface area contributed by atoms with Gasteiger partial charge in [0.2, 0.25) is 0 Å². The van der Waals surface area contributed by atoms with Crippen LogP contribution in [-0.4, -0.2) is 79.4 Å². The Morgan fingerprint density at radius 1 is 1.00 bits per heavy atom. The van der Waals surface area contributed by atoms with Crippen LogP contribution in [0, 0.1) is 10.8 Å². The number of nitrogens with one attached hydrogen (secondary N) is 2. The predicted octanol–water partition coefficient (Wildman–Crippen LogP) is 4.60. The van der Waals surface area contributed by atoms with E-state index in [9.17, 15) is 4.79 Å². The van der Waals surface area contributed by atoms with E-state index in [-0.39, 0.29) is 17.4 Å². The Bertz CT molecular complexity index is 1170. The van der Waals surface area contributed by atoms with Gasteiger partial charge in [0.15, 0.2) is 0 Å². The molecule has 0 bridgehead atoms. The molecule has 1 atom stereocenters.